The Balaban J connectivity index is 1.94. The molecule has 0 saturated carbocycles. The van der Waals surface area contributed by atoms with Crippen molar-refractivity contribution in [3.05, 3.63) is 5.82 Å². The second-order valence-corrected chi connectivity index (χ2v) is 4.93. The summed E-state index contributed by atoms with van der Waals surface area (Å²) >= 11 is 1.94. The van der Waals surface area contributed by atoms with E-state index in [0.717, 1.165) is 30.4 Å². The predicted octanol–water partition coefficient (Wildman–Crippen LogP) is -0.527. The Kier molecular flexibility index (Phi) is 4.14. The second-order valence-electron chi connectivity index (χ2n) is 3.78. The molecule has 1 fully saturated rings. The van der Waals surface area contributed by atoms with E-state index in [0.29, 0.717) is 0 Å². The van der Waals surface area contributed by atoms with Crippen molar-refractivity contribution < 1.29 is 4.74 Å². The fraction of sp³-hybridized carbons (Fsp3) is 0.889. The Labute approximate surface area is 99.1 Å². The number of aryl methyl sites for hydroxylation is 1. The predicted molar refractivity (Wildman–Crippen MR) is 62.4 cm³/mol. The Morgan fingerprint density at radius 1 is 1.69 bits per heavy atom. The molecule has 1 aromatic rings. The van der Waals surface area contributed by atoms with Crippen LogP contribution in [0, 0.1) is 0 Å². The number of hydrogen-bond donors (Lipinski definition) is 1. The number of nitrogens with one attached hydrogen (secondary N) is 1. The van der Waals surface area contributed by atoms with Gasteiger partial charge < -0.3 is 10.1 Å². The van der Waals surface area contributed by atoms with Gasteiger partial charge in [0, 0.05) is 24.0 Å². The summed E-state index contributed by atoms with van der Waals surface area (Å²) in [6, 6.07) is 0.261. The van der Waals surface area contributed by atoms with Crippen molar-refractivity contribution in [2.45, 2.75) is 18.6 Å². The third kappa shape index (κ3) is 2.93. The Hall–Kier alpha value is -0.660. The van der Waals surface area contributed by atoms with Gasteiger partial charge in [-0.2, -0.15) is 16.6 Å². The zero-order valence-corrected chi connectivity index (χ0v) is 10.4. The van der Waals surface area contributed by atoms with E-state index in [9.17, 15) is 0 Å². The van der Waals surface area contributed by atoms with Crippen LogP contribution in [0.3, 0.4) is 0 Å². The zero-order chi connectivity index (χ0) is 11.4. The third-order valence-electron chi connectivity index (χ3n) is 2.61. The van der Waals surface area contributed by atoms with Crippen LogP contribution in [0.1, 0.15) is 5.82 Å². The van der Waals surface area contributed by atoms with Gasteiger partial charge in [-0.15, -0.1) is 10.2 Å². The minimum Gasteiger partial charge on any atom is -0.375 e. The van der Waals surface area contributed by atoms with Crippen LogP contribution in [-0.2, 0) is 18.2 Å². The van der Waals surface area contributed by atoms with Gasteiger partial charge in [0.2, 0.25) is 0 Å². The minimum absolute atomic E-state index is 0.243. The molecule has 6 nitrogen and oxygen atoms in total. The maximum Gasteiger partial charge on any atom is 0.176 e. The van der Waals surface area contributed by atoms with E-state index in [4.69, 9.17) is 4.74 Å². The van der Waals surface area contributed by atoms with E-state index in [2.05, 4.69) is 20.7 Å². The lowest BCUT2D eigenvalue weighted by atomic mass is 10.1. The fourth-order valence-electron chi connectivity index (χ4n) is 1.76. The lowest BCUT2D eigenvalue weighted by Gasteiger charge is -2.29. The molecule has 0 radical (unpaired) electrons. The van der Waals surface area contributed by atoms with E-state index in [1.807, 2.05) is 18.8 Å². The van der Waals surface area contributed by atoms with Gasteiger partial charge in [-0.1, -0.05) is 0 Å². The summed E-state index contributed by atoms with van der Waals surface area (Å²) in [5, 5.41) is 15.3. The highest BCUT2D eigenvalue weighted by Gasteiger charge is 2.25. The molecule has 0 amide bonds. The molecule has 1 aliphatic heterocycles. The first-order chi connectivity index (χ1) is 7.79. The first-order valence-corrected chi connectivity index (χ1v) is 6.54. The lowest BCUT2D eigenvalue weighted by molar-refractivity contribution is 0.0487. The highest BCUT2D eigenvalue weighted by Crippen LogP contribution is 2.16. The van der Waals surface area contributed by atoms with Crippen molar-refractivity contribution >= 4 is 11.8 Å². The molecule has 0 bridgehead atoms. The topological polar surface area (TPSA) is 64.9 Å². The van der Waals surface area contributed by atoms with Gasteiger partial charge in [0.1, 0.15) is 0 Å². The number of ether oxygens (including phenoxy) is 1. The molecule has 0 spiro atoms. The van der Waals surface area contributed by atoms with Gasteiger partial charge in [0.25, 0.3) is 0 Å². The summed E-state index contributed by atoms with van der Waals surface area (Å²) in [5.74, 6) is 2.89. The smallest absolute Gasteiger partial charge is 0.176 e. The quantitative estimate of drug-likeness (QED) is 0.767. The number of thioether (sulfide) groups is 1. The Bertz CT molecular complexity index is 325. The maximum absolute atomic E-state index is 5.74. The van der Waals surface area contributed by atoms with E-state index >= 15 is 0 Å². The molecule has 2 rings (SSSR count). The molecular formula is C9H17N5OS. The van der Waals surface area contributed by atoms with Crippen LogP contribution in [0.2, 0.25) is 0 Å². The molecule has 2 unspecified atom stereocenters. The molecule has 90 valence electrons. The van der Waals surface area contributed by atoms with Gasteiger partial charge >= 0.3 is 0 Å². The van der Waals surface area contributed by atoms with Crippen LogP contribution in [-0.4, -0.2) is 57.5 Å². The molecule has 0 aromatic carbocycles. The second kappa shape index (κ2) is 5.60. The summed E-state index contributed by atoms with van der Waals surface area (Å²) in [6.07, 6.45) is 1.00. The Morgan fingerprint density at radius 2 is 2.56 bits per heavy atom. The van der Waals surface area contributed by atoms with Crippen molar-refractivity contribution in [1.82, 2.24) is 25.5 Å². The largest absolute Gasteiger partial charge is 0.375 e. The number of tetrazole rings is 1. The van der Waals surface area contributed by atoms with Crippen LogP contribution in [0.5, 0.6) is 0 Å². The van der Waals surface area contributed by atoms with Crippen molar-refractivity contribution in [3.8, 4) is 0 Å². The van der Waals surface area contributed by atoms with E-state index in [-0.39, 0.29) is 12.1 Å². The van der Waals surface area contributed by atoms with Crippen molar-refractivity contribution in [1.29, 1.82) is 0 Å². The van der Waals surface area contributed by atoms with Crippen LogP contribution in [0.4, 0.5) is 0 Å². The molecule has 2 atom stereocenters. The fourth-order valence-corrected chi connectivity index (χ4v) is 2.70. The third-order valence-corrected chi connectivity index (χ3v) is 3.63. The lowest BCUT2D eigenvalue weighted by Crippen LogP contribution is -2.44. The molecule has 1 saturated heterocycles. The Morgan fingerprint density at radius 3 is 3.12 bits per heavy atom. The zero-order valence-electron chi connectivity index (χ0n) is 9.59. The highest BCUT2D eigenvalue weighted by molar-refractivity contribution is 7.99. The average molecular weight is 243 g/mol. The van der Waals surface area contributed by atoms with Gasteiger partial charge in [-0.05, 0) is 12.3 Å². The van der Waals surface area contributed by atoms with Crippen LogP contribution >= 0.6 is 11.8 Å². The molecule has 16 heavy (non-hydrogen) atoms. The maximum atomic E-state index is 5.74. The van der Waals surface area contributed by atoms with Gasteiger partial charge in [0.05, 0.1) is 19.8 Å². The van der Waals surface area contributed by atoms with Crippen molar-refractivity contribution in [2.75, 3.05) is 25.2 Å². The first-order valence-electron chi connectivity index (χ1n) is 5.39. The molecule has 7 heteroatoms. The van der Waals surface area contributed by atoms with Gasteiger partial charge in [-0.3, -0.25) is 0 Å². The molecule has 0 aliphatic carbocycles. The SMILES string of the molecule is CNC(Cc1nnn(C)n1)C1CSCCO1. The summed E-state index contributed by atoms with van der Waals surface area (Å²) < 4.78 is 5.74. The first kappa shape index (κ1) is 11.8. The molecule has 1 aromatic heterocycles. The van der Waals surface area contributed by atoms with E-state index in [1.54, 1.807) is 7.05 Å². The van der Waals surface area contributed by atoms with E-state index < -0.39 is 0 Å². The molecule has 1 N–H and O–H groups in total. The van der Waals surface area contributed by atoms with E-state index in [1.165, 1.54) is 4.80 Å². The van der Waals surface area contributed by atoms with Crippen LogP contribution < -0.4 is 5.32 Å². The van der Waals surface area contributed by atoms with Crippen molar-refractivity contribution in [2.24, 2.45) is 7.05 Å². The summed E-state index contributed by atoms with van der Waals surface area (Å²) in [6.45, 7) is 0.835. The number of aromatic nitrogens is 4. The number of rotatable bonds is 4. The molecule has 1 aliphatic rings. The normalized spacial score (nSPS) is 23.2. The molecule has 2 heterocycles. The number of hydrogen-bond acceptors (Lipinski definition) is 6. The van der Waals surface area contributed by atoms with Gasteiger partial charge in [-0.25, -0.2) is 0 Å². The summed E-state index contributed by atoms with van der Waals surface area (Å²) in [4.78, 5) is 1.48. The minimum atomic E-state index is 0.243. The van der Waals surface area contributed by atoms with Gasteiger partial charge in [0.15, 0.2) is 5.82 Å². The average Bonchev–Trinajstić information content (AvgIpc) is 2.73. The van der Waals surface area contributed by atoms with Crippen molar-refractivity contribution in [3.63, 3.8) is 0 Å². The highest BCUT2D eigenvalue weighted by atomic mass is 32.2. The summed E-state index contributed by atoms with van der Waals surface area (Å²) in [7, 11) is 3.72. The molecular weight excluding hydrogens is 226 g/mol. The summed E-state index contributed by atoms with van der Waals surface area (Å²) in [5.41, 5.74) is 0. The van der Waals surface area contributed by atoms with Crippen LogP contribution in [0.15, 0.2) is 0 Å². The standard InChI is InChI=1S/C9H17N5OS/c1-10-7(8-6-16-4-3-15-8)5-9-11-13-14(2)12-9/h7-8,10H,3-6H2,1-2H3. The number of likely N-dealkylation sites (N-methyl/N-ethyl adjacent to an activating group) is 1. The number of nitrogens with zero attached hydrogens (tertiary/aromatic N) is 4. The van der Waals surface area contributed by atoms with Crippen LogP contribution in [0.25, 0.3) is 0 Å². The monoisotopic (exact) mass is 243 g/mol.